The predicted molar refractivity (Wildman–Crippen MR) is 152 cm³/mol. The van der Waals surface area contributed by atoms with E-state index in [1.807, 2.05) is 30.3 Å². The number of nitro benzene ring substituents is 1. The van der Waals surface area contributed by atoms with Gasteiger partial charge in [-0.2, -0.15) is 0 Å². The van der Waals surface area contributed by atoms with Gasteiger partial charge in [-0.25, -0.2) is 4.39 Å². The van der Waals surface area contributed by atoms with Crippen LogP contribution in [-0.2, 0) is 10.2 Å². The monoisotopic (exact) mass is 559 g/mol. The van der Waals surface area contributed by atoms with Crippen LogP contribution in [0, 0.1) is 21.8 Å². The highest BCUT2D eigenvalue weighted by molar-refractivity contribution is 6.16. The number of carbonyl (C=O) groups excluding carboxylic acids is 3. The van der Waals surface area contributed by atoms with Crippen molar-refractivity contribution < 1.29 is 23.7 Å². The van der Waals surface area contributed by atoms with Gasteiger partial charge in [-0.3, -0.25) is 24.5 Å². The molecule has 3 aliphatic rings. The first-order valence-corrected chi connectivity index (χ1v) is 13.4. The number of carbonyl (C=O) groups is 3. The number of nitro groups is 1. The second-order valence-corrected chi connectivity index (χ2v) is 10.6. The van der Waals surface area contributed by atoms with E-state index in [0.29, 0.717) is 11.3 Å². The summed E-state index contributed by atoms with van der Waals surface area (Å²) in [6.45, 7) is 0. The second-order valence-electron chi connectivity index (χ2n) is 10.6. The minimum absolute atomic E-state index is 0.135. The fourth-order valence-electron chi connectivity index (χ4n) is 6.88. The summed E-state index contributed by atoms with van der Waals surface area (Å²) in [5, 5.41) is 14.3. The van der Waals surface area contributed by atoms with E-state index in [4.69, 9.17) is 0 Å². The predicted octanol–water partition coefficient (Wildman–Crippen LogP) is 5.72. The summed E-state index contributed by atoms with van der Waals surface area (Å²) in [7, 11) is 0. The standard InChI is InChI=1S/C33H22FN3O5/c34-22-13-9-21(10-14-22)30(39)28-27(29(38)20-11-15-23(16-12-20)37(41)42)33(25-7-3-4-8-26(25)35-32(33)40)31-24-6-2-1-5-19(24)17-18-36(28)31/h1-18,27-28,31H,(H,35,40)/t27-,28+,31-,33+/m0/s1. The number of ketones is 2. The third-order valence-electron chi connectivity index (χ3n) is 8.61. The Balaban J connectivity index is 1.51. The summed E-state index contributed by atoms with van der Waals surface area (Å²) in [6.07, 6.45) is 3.60. The molecular formula is C33H22FN3O5. The number of nitrogens with zero attached hydrogens (tertiary/aromatic N) is 2. The molecule has 0 aromatic heterocycles. The average molecular weight is 560 g/mol. The molecule has 1 N–H and O–H groups in total. The number of Topliss-reactive ketones (excluding diaryl/α,β-unsaturated/α-hetero) is 2. The summed E-state index contributed by atoms with van der Waals surface area (Å²) in [4.78, 5) is 56.0. The van der Waals surface area contributed by atoms with Crippen LogP contribution in [0.1, 0.15) is 43.4 Å². The lowest BCUT2D eigenvalue weighted by Crippen LogP contribution is -2.49. The first-order valence-electron chi connectivity index (χ1n) is 13.4. The van der Waals surface area contributed by atoms with Gasteiger partial charge in [-0.1, -0.05) is 42.5 Å². The van der Waals surface area contributed by atoms with Crippen molar-refractivity contribution in [3.8, 4) is 0 Å². The first-order chi connectivity index (χ1) is 20.3. The van der Waals surface area contributed by atoms with E-state index in [-0.39, 0.29) is 16.8 Å². The molecule has 0 aliphatic carbocycles. The molecule has 1 saturated heterocycles. The molecule has 1 amide bonds. The average Bonchev–Trinajstić information content (AvgIpc) is 3.49. The van der Waals surface area contributed by atoms with Crippen LogP contribution in [0.3, 0.4) is 0 Å². The Labute approximate surface area is 239 Å². The molecule has 1 fully saturated rings. The highest BCUT2D eigenvalue weighted by atomic mass is 19.1. The number of benzene rings is 4. The number of halogens is 1. The summed E-state index contributed by atoms with van der Waals surface area (Å²) in [5.74, 6) is -3.11. The number of nitrogens with one attached hydrogen (secondary N) is 1. The Kier molecular flexibility index (Phi) is 5.65. The number of rotatable bonds is 5. The zero-order valence-corrected chi connectivity index (χ0v) is 21.9. The first kappa shape index (κ1) is 25.5. The number of fused-ring (bicyclic) bond motifs is 6. The van der Waals surface area contributed by atoms with Crippen molar-refractivity contribution in [2.45, 2.75) is 17.5 Å². The maximum absolute atomic E-state index is 14.7. The highest BCUT2D eigenvalue weighted by Gasteiger charge is 2.70. The molecule has 4 aromatic carbocycles. The van der Waals surface area contributed by atoms with Crippen LogP contribution in [-0.4, -0.2) is 33.3 Å². The van der Waals surface area contributed by atoms with E-state index in [1.54, 1.807) is 35.4 Å². The Bertz CT molecular complexity index is 1840. The zero-order valence-electron chi connectivity index (χ0n) is 21.9. The third-order valence-corrected chi connectivity index (χ3v) is 8.61. The molecule has 9 heteroatoms. The van der Waals surface area contributed by atoms with E-state index in [0.717, 1.165) is 11.1 Å². The third kappa shape index (κ3) is 3.49. The molecule has 3 heterocycles. The molecule has 4 aromatic rings. The van der Waals surface area contributed by atoms with Gasteiger partial charge in [0, 0.05) is 35.1 Å². The van der Waals surface area contributed by atoms with Crippen LogP contribution in [0.4, 0.5) is 15.8 Å². The topological polar surface area (TPSA) is 110 Å². The number of hydrogen-bond acceptors (Lipinski definition) is 6. The number of amides is 1. The number of non-ortho nitro benzene ring substituents is 1. The van der Waals surface area contributed by atoms with Gasteiger partial charge in [0.25, 0.3) is 5.69 Å². The summed E-state index contributed by atoms with van der Waals surface area (Å²) >= 11 is 0. The second kappa shape index (κ2) is 9.31. The molecule has 1 spiro atoms. The fraction of sp³-hybridized carbons (Fsp3) is 0.121. The Morgan fingerprint density at radius 1 is 0.857 bits per heavy atom. The van der Waals surface area contributed by atoms with Crippen LogP contribution in [0.15, 0.2) is 103 Å². The van der Waals surface area contributed by atoms with Gasteiger partial charge in [0.15, 0.2) is 11.6 Å². The van der Waals surface area contributed by atoms with Gasteiger partial charge in [-0.05, 0) is 65.2 Å². The molecular weight excluding hydrogens is 537 g/mol. The normalized spacial score (nSPS) is 23.2. The number of para-hydroxylation sites is 1. The molecule has 0 unspecified atom stereocenters. The van der Waals surface area contributed by atoms with Crippen molar-refractivity contribution in [2.24, 2.45) is 5.92 Å². The van der Waals surface area contributed by atoms with Gasteiger partial charge >= 0.3 is 0 Å². The molecule has 0 bridgehead atoms. The van der Waals surface area contributed by atoms with Gasteiger partial charge in [0.05, 0.1) is 16.9 Å². The lowest BCUT2D eigenvalue weighted by molar-refractivity contribution is -0.384. The Morgan fingerprint density at radius 2 is 1.50 bits per heavy atom. The quantitative estimate of drug-likeness (QED) is 0.190. The van der Waals surface area contributed by atoms with E-state index in [2.05, 4.69) is 5.32 Å². The zero-order chi connectivity index (χ0) is 29.2. The van der Waals surface area contributed by atoms with Crippen molar-refractivity contribution in [3.05, 3.63) is 147 Å². The van der Waals surface area contributed by atoms with Crippen molar-refractivity contribution in [1.82, 2.24) is 4.90 Å². The van der Waals surface area contributed by atoms with Crippen LogP contribution in [0.5, 0.6) is 0 Å². The van der Waals surface area contributed by atoms with Crippen molar-refractivity contribution in [1.29, 1.82) is 0 Å². The molecule has 0 saturated carbocycles. The van der Waals surface area contributed by atoms with Gasteiger partial charge in [0.1, 0.15) is 17.3 Å². The Hall–Kier alpha value is -5.44. The van der Waals surface area contributed by atoms with E-state index in [9.17, 15) is 28.9 Å². The summed E-state index contributed by atoms with van der Waals surface area (Å²) < 4.78 is 13.8. The Morgan fingerprint density at radius 3 is 2.24 bits per heavy atom. The molecule has 42 heavy (non-hydrogen) atoms. The van der Waals surface area contributed by atoms with Crippen molar-refractivity contribution in [2.75, 3.05) is 5.32 Å². The molecule has 206 valence electrons. The maximum atomic E-state index is 14.7. The molecule has 4 atom stereocenters. The van der Waals surface area contributed by atoms with Crippen LogP contribution < -0.4 is 5.32 Å². The number of hydrogen-bond donors (Lipinski definition) is 1. The summed E-state index contributed by atoms with van der Waals surface area (Å²) in [5.41, 5.74) is 1.38. The smallest absolute Gasteiger partial charge is 0.269 e. The largest absolute Gasteiger partial charge is 0.358 e. The van der Waals surface area contributed by atoms with Crippen molar-refractivity contribution in [3.63, 3.8) is 0 Å². The van der Waals surface area contributed by atoms with Gasteiger partial charge < -0.3 is 10.2 Å². The number of anilines is 1. The maximum Gasteiger partial charge on any atom is 0.269 e. The fourth-order valence-corrected chi connectivity index (χ4v) is 6.88. The van der Waals surface area contributed by atoms with Gasteiger partial charge in [0.2, 0.25) is 5.91 Å². The minimum atomic E-state index is -1.53. The van der Waals surface area contributed by atoms with E-state index >= 15 is 0 Å². The molecule has 3 aliphatic heterocycles. The lowest BCUT2D eigenvalue weighted by atomic mass is 9.62. The minimum Gasteiger partial charge on any atom is -0.358 e. The van der Waals surface area contributed by atoms with Gasteiger partial charge in [-0.15, -0.1) is 0 Å². The highest BCUT2D eigenvalue weighted by Crippen LogP contribution is 2.62. The van der Waals surface area contributed by atoms with E-state index in [1.165, 1.54) is 48.5 Å². The molecule has 8 nitrogen and oxygen atoms in total. The SMILES string of the molecule is O=C(c1ccc([N+](=O)[O-])cc1)[C@@H]1[C@H](C(=O)c2ccc(F)cc2)N2C=Cc3ccccc3[C@H]2[C@]12C(=O)Nc1ccccc12. The molecule has 0 radical (unpaired) electrons. The van der Waals surface area contributed by atoms with E-state index < -0.39 is 51.6 Å². The molecule has 7 rings (SSSR count). The van der Waals surface area contributed by atoms with Crippen LogP contribution in [0.2, 0.25) is 0 Å². The summed E-state index contributed by atoms with van der Waals surface area (Å²) in [6, 6.07) is 23.1. The van der Waals surface area contributed by atoms with Crippen LogP contribution >= 0.6 is 0 Å². The van der Waals surface area contributed by atoms with Crippen molar-refractivity contribution >= 4 is 34.9 Å². The van der Waals surface area contributed by atoms with Crippen LogP contribution in [0.25, 0.3) is 6.08 Å². The lowest BCUT2D eigenvalue weighted by Gasteiger charge is -2.38.